The molecule has 0 amide bonds. The molecule has 14 heteroatoms. The second-order valence-corrected chi connectivity index (χ2v) is 10.6. The maximum Gasteiger partial charge on any atom is 0.534 e. The molecule has 2 aromatic carbocycles. The number of aromatic amines is 1. The van der Waals surface area contributed by atoms with Gasteiger partial charge < -0.3 is 23.5 Å². The van der Waals surface area contributed by atoms with Crippen molar-refractivity contribution >= 4 is 38.7 Å². The van der Waals surface area contributed by atoms with Gasteiger partial charge in [-0.05, 0) is 36.3 Å². The summed E-state index contributed by atoms with van der Waals surface area (Å²) < 4.78 is 76.7. The summed E-state index contributed by atoms with van der Waals surface area (Å²) >= 11 is 0. The lowest BCUT2D eigenvalue weighted by atomic mass is 9.75. The predicted octanol–water partition coefficient (Wildman–Crippen LogP) is 3.50. The van der Waals surface area contributed by atoms with Crippen LogP contribution in [0, 0.1) is 0 Å². The minimum atomic E-state index is -6.09. The molecule has 0 radical (unpaired) electrons. The number of allylic oxidation sites excluding steroid dienone is 2. The molecule has 1 N–H and O–H groups in total. The fourth-order valence-corrected chi connectivity index (χ4v) is 5.67. The third-order valence-corrected chi connectivity index (χ3v) is 7.92. The Balaban J connectivity index is 1.69. The number of para-hydroxylation sites is 2. The topological polar surface area (TPSA) is 132 Å². The monoisotopic (exact) mass is 590 g/mol. The third-order valence-electron chi connectivity index (χ3n) is 6.96. The highest BCUT2D eigenvalue weighted by molar-refractivity contribution is 7.88. The molecule has 1 unspecified atom stereocenters. The minimum absolute atomic E-state index is 0.121. The summed E-state index contributed by atoms with van der Waals surface area (Å²) in [7, 11) is -3.87. The first-order valence-corrected chi connectivity index (χ1v) is 13.4. The number of ketones is 1. The van der Waals surface area contributed by atoms with Crippen LogP contribution in [0.1, 0.15) is 21.6 Å². The smallest absolute Gasteiger partial charge is 0.467 e. The lowest BCUT2D eigenvalue weighted by molar-refractivity contribution is -0.156. The highest BCUT2D eigenvalue weighted by atomic mass is 32.2. The highest BCUT2D eigenvalue weighted by Gasteiger charge is 2.58. The number of hydrogen-bond donors (Lipinski definition) is 1. The largest absolute Gasteiger partial charge is 0.534 e. The molecule has 0 spiro atoms. The number of alkyl halides is 3. The van der Waals surface area contributed by atoms with E-state index in [1.807, 2.05) is 12.1 Å². The quantitative estimate of drug-likeness (QED) is 0.198. The van der Waals surface area contributed by atoms with Crippen molar-refractivity contribution in [3.05, 3.63) is 88.8 Å². The minimum Gasteiger partial charge on any atom is -0.467 e. The van der Waals surface area contributed by atoms with Crippen LogP contribution in [-0.2, 0) is 41.1 Å². The highest BCUT2D eigenvalue weighted by Crippen LogP contribution is 2.48. The summed E-state index contributed by atoms with van der Waals surface area (Å²) in [6.45, 7) is 0.121. The molecular formula is C27H21F3N2O8S. The summed E-state index contributed by atoms with van der Waals surface area (Å²) in [5.41, 5.74) is -6.94. The van der Waals surface area contributed by atoms with Crippen LogP contribution in [0.4, 0.5) is 13.2 Å². The van der Waals surface area contributed by atoms with Crippen LogP contribution < -0.4 is 4.18 Å². The molecular weight excluding hydrogens is 569 g/mol. The van der Waals surface area contributed by atoms with Crippen molar-refractivity contribution < 1.29 is 49.6 Å². The van der Waals surface area contributed by atoms with Gasteiger partial charge in [-0.2, -0.15) is 21.6 Å². The molecule has 0 saturated heterocycles. The standard InChI is InChI=1S/C27H21F3N2O8S/c1-38-24(34)19-13-15(22(33)18-8-4-6-10-21(18)40-41(36,37)27(28,29)30)14-32-12-11-17-16-7-3-5-9-20(16)31-23(17)26(19,32)25(35)39-2/h3-10,13-14,31H,11-12H2,1-2H3. The Hall–Kier alpha value is -4.59. The molecule has 0 bridgehead atoms. The van der Waals surface area contributed by atoms with E-state index in [2.05, 4.69) is 9.17 Å². The summed E-state index contributed by atoms with van der Waals surface area (Å²) in [6, 6.07) is 11.7. The zero-order valence-corrected chi connectivity index (χ0v) is 22.3. The van der Waals surface area contributed by atoms with Crippen molar-refractivity contribution in [2.45, 2.75) is 17.5 Å². The van der Waals surface area contributed by atoms with E-state index in [1.54, 1.807) is 12.1 Å². The van der Waals surface area contributed by atoms with Crippen molar-refractivity contribution in [1.29, 1.82) is 0 Å². The van der Waals surface area contributed by atoms with Crippen molar-refractivity contribution in [2.75, 3.05) is 20.8 Å². The van der Waals surface area contributed by atoms with Gasteiger partial charge in [0, 0.05) is 29.2 Å². The van der Waals surface area contributed by atoms with E-state index in [0.29, 0.717) is 17.6 Å². The fraction of sp³-hybridized carbons (Fsp3) is 0.222. The van der Waals surface area contributed by atoms with Gasteiger partial charge in [-0.1, -0.05) is 30.3 Å². The number of Topliss-reactive ketones (excluding diaryl/α,β-unsaturated/α-hetero) is 1. The molecule has 0 saturated carbocycles. The number of benzene rings is 2. The molecule has 10 nitrogen and oxygen atoms in total. The number of carbonyl (C=O) groups excluding carboxylic acids is 3. The molecule has 2 aliphatic heterocycles. The third kappa shape index (κ3) is 4.25. The number of esters is 2. The van der Waals surface area contributed by atoms with Crippen LogP contribution in [0.3, 0.4) is 0 Å². The van der Waals surface area contributed by atoms with Crippen LogP contribution in [0.25, 0.3) is 10.9 Å². The van der Waals surface area contributed by atoms with Crippen LogP contribution in [0.5, 0.6) is 5.75 Å². The number of fused-ring (bicyclic) bond motifs is 5. The Bertz CT molecular complexity index is 1770. The van der Waals surface area contributed by atoms with Gasteiger partial charge in [-0.15, -0.1) is 0 Å². The van der Waals surface area contributed by atoms with Gasteiger partial charge in [0.2, 0.25) is 5.54 Å². The number of ether oxygens (including phenoxy) is 2. The normalized spacial score (nSPS) is 18.5. The summed E-state index contributed by atoms with van der Waals surface area (Å²) in [4.78, 5) is 45.1. The average molecular weight is 591 g/mol. The van der Waals surface area contributed by atoms with E-state index in [0.717, 1.165) is 43.4 Å². The van der Waals surface area contributed by atoms with E-state index < -0.39 is 50.2 Å². The Morgan fingerprint density at radius 2 is 1.68 bits per heavy atom. The number of carbonyl (C=O) groups is 3. The van der Waals surface area contributed by atoms with Gasteiger partial charge in [0.05, 0.1) is 31.1 Å². The van der Waals surface area contributed by atoms with Gasteiger partial charge >= 0.3 is 27.6 Å². The number of aromatic nitrogens is 1. The zero-order chi connectivity index (χ0) is 29.7. The molecule has 0 aliphatic carbocycles. The molecule has 3 heterocycles. The van der Waals surface area contributed by atoms with E-state index in [-0.39, 0.29) is 17.7 Å². The van der Waals surface area contributed by atoms with Crippen molar-refractivity contribution in [1.82, 2.24) is 9.88 Å². The average Bonchev–Trinajstić information content (AvgIpc) is 3.34. The van der Waals surface area contributed by atoms with Crippen molar-refractivity contribution in [3.63, 3.8) is 0 Å². The van der Waals surface area contributed by atoms with Crippen LogP contribution in [0.15, 0.2) is 72.0 Å². The Labute approximate surface area is 231 Å². The number of nitrogens with zero attached hydrogens (tertiary/aromatic N) is 1. The van der Waals surface area contributed by atoms with E-state index in [9.17, 15) is 36.0 Å². The Morgan fingerprint density at radius 1 is 1.00 bits per heavy atom. The van der Waals surface area contributed by atoms with Gasteiger partial charge in [-0.25, -0.2) is 9.59 Å². The second kappa shape index (κ2) is 9.80. The first-order valence-electron chi connectivity index (χ1n) is 12.0. The SMILES string of the molecule is COC(=O)C1=CC(C(=O)c2ccccc2OS(=O)(=O)C(F)(F)F)=CN2CCc3c([nH]c4ccccc34)C12C(=O)OC. The Kier molecular flexibility index (Phi) is 6.68. The fourth-order valence-electron chi connectivity index (χ4n) is 5.19. The number of methoxy groups -OCH3 is 2. The lowest BCUT2D eigenvalue weighted by Crippen LogP contribution is -2.58. The maximum absolute atomic E-state index is 13.6. The number of halogens is 3. The second-order valence-electron chi connectivity index (χ2n) is 9.11. The number of hydrogen-bond acceptors (Lipinski definition) is 9. The van der Waals surface area contributed by atoms with E-state index >= 15 is 0 Å². The number of nitrogens with one attached hydrogen (secondary N) is 1. The first-order chi connectivity index (χ1) is 19.4. The first kappa shape index (κ1) is 28.0. The van der Waals surface area contributed by atoms with Gasteiger partial charge in [0.1, 0.15) is 0 Å². The Morgan fingerprint density at radius 3 is 2.37 bits per heavy atom. The molecule has 3 aromatic rings. The van der Waals surface area contributed by atoms with Crippen LogP contribution >= 0.6 is 0 Å². The zero-order valence-electron chi connectivity index (χ0n) is 21.4. The summed E-state index contributed by atoms with van der Waals surface area (Å²) in [6.07, 6.45) is 2.74. The van der Waals surface area contributed by atoms with E-state index in [1.165, 1.54) is 23.2 Å². The number of H-pyrrole nitrogens is 1. The van der Waals surface area contributed by atoms with Crippen LogP contribution in [0.2, 0.25) is 0 Å². The van der Waals surface area contributed by atoms with Gasteiger partial charge in [0.25, 0.3) is 0 Å². The summed E-state index contributed by atoms with van der Waals surface area (Å²) in [5.74, 6) is -3.68. The molecule has 5 rings (SSSR count). The van der Waals surface area contributed by atoms with Gasteiger partial charge in [-0.3, -0.25) is 4.79 Å². The van der Waals surface area contributed by atoms with E-state index in [4.69, 9.17) is 9.47 Å². The molecule has 1 atom stereocenters. The van der Waals surface area contributed by atoms with Crippen molar-refractivity contribution in [2.24, 2.45) is 0 Å². The molecule has 214 valence electrons. The molecule has 0 fully saturated rings. The maximum atomic E-state index is 13.6. The summed E-state index contributed by atoms with van der Waals surface area (Å²) in [5, 5.41) is 0.817. The van der Waals surface area contributed by atoms with Crippen LogP contribution in [-0.4, -0.2) is 62.3 Å². The van der Waals surface area contributed by atoms with Gasteiger partial charge in [0.15, 0.2) is 11.5 Å². The number of rotatable bonds is 6. The molecule has 41 heavy (non-hydrogen) atoms. The predicted molar refractivity (Wildman–Crippen MR) is 137 cm³/mol. The molecule has 2 aliphatic rings. The lowest BCUT2D eigenvalue weighted by Gasteiger charge is -2.46. The molecule has 1 aromatic heterocycles. The van der Waals surface area contributed by atoms with Crippen molar-refractivity contribution in [3.8, 4) is 5.75 Å².